The second kappa shape index (κ2) is 9.42. The molecule has 0 aromatic heterocycles. The molecule has 1 aromatic carbocycles. The van der Waals surface area contributed by atoms with Crippen molar-refractivity contribution in [3.8, 4) is 0 Å². The lowest BCUT2D eigenvalue weighted by Gasteiger charge is -2.32. The van der Waals surface area contributed by atoms with Gasteiger partial charge in [0.1, 0.15) is 6.04 Å². The largest absolute Gasteiger partial charge is 0.480 e. The molecule has 0 saturated carbocycles. The number of hydrogen-bond donors (Lipinski definition) is 2. The van der Waals surface area contributed by atoms with Crippen LogP contribution in [0.25, 0.3) is 0 Å². The average Bonchev–Trinajstić information content (AvgIpc) is 2.59. The quantitative estimate of drug-likeness (QED) is 0.768. The van der Waals surface area contributed by atoms with E-state index in [9.17, 15) is 14.7 Å². The van der Waals surface area contributed by atoms with Gasteiger partial charge in [-0.1, -0.05) is 50.1 Å². The number of nitrogens with one attached hydrogen (secondary N) is 1. The molecule has 5 heteroatoms. The van der Waals surface area contributed by atoms with Crippen molar-refractivity contribution in [2.45, 2.75) is 51.6 Å². The summed E-state index contributed by atoms with van der Waals surface area (Å²) < 4.78 is 0. The lowest BCUT2D eigenvalue weighted by atomic mass is 9.96. The summed E-state index contributed by atoms with van der Waals surface area (Å²) in [5.74, 6) is -1.17. The zero-order valence-corrected chi connectivity index (χ0v) is 14.4. The highest BCUT2D eigenvalue weighted by Crippen LogP contribution is 2.19. The van der Waals surface area contributed by atoms with Gasteiger partial charge < -0.3 is 10.4 Å². The molecule has 2 rings (SSSR count). The van der Waals surface area contributed by atoms with Crippen LogP contribution in [0.4, 0.5) is 0 Å². The smallest absolute Gasteiger partial charge is 0.326 e. The Morgan fingerprint density at radius 1 is 1.33 bits per heavy atom. The van der Waals surface area contributed by atoms with E-state index < -0.39 is 12.0 Å². The van der Waals surface area contributed by atoms with Crippen LogP contribution in [0.15, 0.2) is 30.3 Å². The lowest BCUT2D eigenvalue weighted by Crippen LogP contribution is -2.48. The summed E-state index contributed by atoms with van der Waals surface area (Å²) in [4.78, 5) is 26.1. The molecule has 1 aliphatic heterocycles. The van der Waals surface area contributed by atoms with Crippen molar-refractivity contribution in [1.29, 1.82) is 0 Å². The maximum absolute atomic E-state index is 12.5. The molecule has 0 spiro atoms. The number of hydrogen-bond acceptors (Lipinski definition) is 3. The van der Waals surface area contributed by atoms with E-state index in [0.29, 0.717) is 13.0 Å². The Hall–Kier alpha value is -1.88. The minimum Gasteiger partial charge on any atom is -0.480 e. The van der Waals surface area contributed by atoms with E-state index in [0.717, 1.165) is 38.8 Å². The fraction of sp³-hybridized carbons (Fsp3) is 0.579. The van der Waals surface area contributed by atoms with Crippen LogP contribution in [-0.4, -0.2) is 41.0 Å². The molecule has 1 aromatic rings. The van der Waals surface area contributed by atoms with E-state index in [4.69, 9.17) is 0 Å². The van der Waals surface area contributed by atoms with Gasteiger partial charge in [-0.2, -0.15) is 0 Å². The van der Waals surface area contributed by atoms with Crippen LogP contribution >= 0.6 is 0 Å². The first-order valence-electron chi connectivity index (χ1n) is 8.89. The Labute approximate surface area is 144 Å². The summed E-state index contributed by atoms with van der Waals surface area (Å²) in [6.07, 6.45) is 4.03. The summed E-state index contributed by atoms with van der Waals surface area (Å²) in [7, 11) is 0. The second-order valence-corrected chi connectivity index (χ2v) is 6.60. The van der Waals surface area contributed by atoms with Crippen molar-refractivity contribution in [2.24, 2.45) is 5.92 Å². The van der Waals surface area contributed by atoms with Gasteiger partial charge >= 0.3 is 5.97 Å². The van der Waals surface area contributed by atoms with Gasteiger partial charge in [0.2, 0.25) is 5.91 Å². The van der Waals surface area contributed by atoms with Gasteiger partial charge in [0.15, 0.2) is 0 Å². The Kier molecular flexibility index (Phi) is 7.25. The van der Waals surface area contributed by atoms with E-state index in [-0.39, 0.29) is 11.8 Å². The number of benzene rings is 1. The Balaban J connectivity index is 1.88. The van der Waals surface area contributed by atoms with E-state index in [2.05, 4.69) is 22.3 Å². The Morgan fingerprint density at radius 3 is 2.75 bits per heavy atom. The van der Waals surface area contributed by atoms with Gasteiger partial charge in [0, 0.05) is 13.1 Å². The standard InChI is InChI=1S/C19H28N2O3/c1-2-3-11-17(19(23)24)20-18(22)16-10-7-12-21(14-16)13-15-8-5-4-6-9-15/h4-6,8-9,16-17H,2-3,7,10-14H2,1H3,(H,20,22)(H,23,24). The molecule has 1 aliphatic rings. The molecule has 2 N–H and O–H groups in total. The predicted octanol–water partition coefficient (Wildman–Crippen LogP) is 2.66. The van der Waals surface area contributed by atoms with E-state index in [1.54, 1.807) is 0 Å². The molecule has 132 valence electrons. The zero-order chi connectivity index (χ0) is 17.4. The molecule has 1 fully saturated rings. The van der Waals surface area contributed by atoms with Crippen LogP contribution in [0.5, 0.6) is 0 Å². The highest BCUT2D eigenvalue weighted by molar-refractivity contribution is 5.85. The molecule has 5 nitrogen and oxygen atoms in total. The van der Waals surface area contributed by atoms with E-state index >= 15 is 0 Å². The molecule has 0 radical (unpaired) electrons. The molecular weight excluding hydrogens is 304 g/mol. The highest BCUT2D eigenvalue weighted by atomic mass is 16.4. The third-order valence-corrected chi connectivity index (χ3v) is 4.59. The number of carbonyl (C=O) groups is 2. The van der Waals surface area contributed by atoms with Gasteiger partial charge in [-0.3, -0.25) is 9.69 Å². The molecule has 24 heavy (non-hydrogen) atoms. The monoisotopic (exact) mass is 332 g/mol. The molecule has 1 amide bonds. The normalized spacial score (nSPS) is 19.6. The van der Waals surface area contributed by atoms with Crippen molar-refractivity contribution >= 4 is 11.9 Å². The number of unbranched alkanes of at least 4 members (excludes halogenated alkanes) is 1. The number of amides is 1. The molecular formula is C19H28N2O3. The van der Waals surface area contributed by atoms with E-state index in [1.165, 1.54) is 5.56 Å². The van der Waals surface area contributed by atoms with E-state index in [1.807, 2.05) is 25.1 Å². The van der Waals surface area contributed by atoms with Crippen LogP contribution in [0.1, 0.15) is 44.6 Å². The van der Waals surface area contributed by atoms with Gasteiger partial charge in [0.25, 0.3) is 0 Å². The number of carboxylic acid groups (broad SMARTS) is 1. The minimum atomic E-state index is -0.936. The first-order valence-corrected chi connectivity index (χ1v) is 8.89. The van der Waals surface area contributed by atoms with Crippen molar-refractivity contribution < 1.29 is 14.7 Å². The summed E-state index contributed by atoms with van der Waals surface area (Å²) in [5.41, 5.74) is 1.24. The predicted molar refractivity (Wildman–Crippen MR) is 93.5 cm³/mol. The second-order valence-electron chi connectivity index (χ2n) is 6.60. The molecule has 1 heterocycles. The lowest BCUT2D eigenvalue weighted by molar-refractivity contribution is -0.143. The van der Waals surface area contributed by atoms with Crippen LogP contribution in [0.2, 0.25) is 0 Å². The summed E-state index contributed by atoms with van der Waals surface area (Å²) in [6, 6.07) is 9.47. The highest BCUT2D eigenvalue weighted by Gasteiger charge is 2.28. The average molecular weight is 332 g/mol. The first-order chi connectivity index (χ1) is 11.6. The number of rotatable bonds is 8. The third-order valence-electron chi connectivity index (χ3n) is 4.59. The minimum absolute atomic E-state index is 0.115. The number of carboxylic acids is 1. The molecule has 2 unspecified atom stereocenters. The Morgan fingerprint density at radius 2 is 2.08 bits per heavy atom. The van der Waals surface area contributed by atoms with Crippen LogP contribution in [0.3, 0.4) is 0 Å². The Bertz CT molecular complexity index is 533. The van der Waals surface area contributed by atoms with Gasteiger partial charge in [-0.05, 0) is 31.4 Å². The topological polar surface area (TPSA) is 69.6 Å². The number of carbonyl (C=O) groups excluding carboxylic acids is 1. The molecule has 2 atom stereocenters. The number of aliphatic carboxylic acids is 1. The molecule has 0 bridgehead atoms. The maximum atomic E-state index is 12.5. The van der Waals surface area contributed by atoms with Crippen LogP contribution in [-0.2, 0) is 16.1 Å². The summed E-state index contributed by atoms with van der Waals surface area (Å²) in [6.45, 7) is 4.53. The zero-order valence-electron chi connectivity index (χ0n) is 14.4. The fourth-order valence-electron chi connectivity index (χ4n) is 3.21. The number of nitrogens with zero attached hydrogens (tertiary/aromatic N) is 1. The molecule has 0 aliphatic carbocycles. The first kappa shape index (κ1) is 18.5. The van der Waals surface area contributed by atoms with Gasteiger partial charge in [-0.25, -0.2) is 4.79 Å². The fourth-order valence-corrected chi connectivity index (χ4v) is 3.21. The summed E-state index contributed by atoms with van der Waals surface area (Å²) >= 11 is 0. The maximum Gasteiger partial charge on any atom is 0.326 e. The molecule has 1 saturated heterocycles. The van der Waals surface area contributed by atoms with Crippen molar-refractivity contribution in [1.82, 2.24) is 10.2 Å². The van der Waals surface area contributed by atoms with Crippen molar-refractivity contribution in [3.05, 3.63) is 35.9 Å². The van der Waals surface area contributed by atoms with Crippen LogP contribution in [0, 0.1) is 5.92 Å². The van der Waals surface area contributed by atoms with Gasteiger partial charge in [-0.15, -0.1) is 0 Å². The van der Waals surface area contributed by atoms with Gasteiger partial charge in [0.05, 0.1) is 5.92 Å². The van der Waals surface area contributed by atoms with Crippen molar-refractivity contribution in [3.63, 3.8) is 0 Å². The third kappa shape index (κ3) is 5.64. The van der Waals surface area contributed by atoms with Crippen LogP contribution < -0.4 is 5.32 Å². The van der Waals surface area contributed by atoms with Crippen molar-refractivity contribution in [2.75, 3.05) is 13.1 Å². The SMILES string of the molecule is CCCCC(NC(=O)C1CCCN(Cc2ccccc2)C1)C(=O)O. The number of piperidine rings is 1. The number of likely N-dealkylation sites (tertiary alicyclic amines) is 1. The summed E-state index contributed by atoms with van der Waals surface area (Å²) in [5, 5.41) is 12.0.